The van der Waals surface area contributed by atoms with Crippen molar-refractivity contribution in [2.45, 2.75) is 38.5 Å². The summed E-state index contributed by atoms with van der Waals surface area (Å²) in [6, 6.07) is 15.7. The first-order valence-corrected chi connectivity index (χ1v) is 13.9. The maximum absolute atomic E-state index is 13.7. The van der Waals surface area contributed by atoms with Crippen LogP contribution in [0.1, 0.15) is 56.8 Å². The fourth-order valence-corrected chi connectivity index (χ4v) is 5.69. The summed E-state index contributed by atoms with van der Waals surface area (Å²) in [6.45, 7) is 1.21. The number of fused-ring (bicyclic) bond motifs is 1. The van der Waals surface area contributed by atoms with Crippen LogP contribution in [0.15, 0.2) is 70.7 Å². The molecule has 2 amide bonds. The molecule has 4 aromatic rings. The number of hydrogen-bond acceptors (Lipinski definition) is 6. The van der Waals surface area contributed by atoms with E-state index in [2.05, 4.69) is 4.98 Å². The van der Waals surface area contributed by atoms with Gasteiger partial charge in [-0.15, -0.1) is 11.3 Å². The molecule has 0 saturated heterocycles. The van der Waals surface area contributed by atoms with E-state index < -0.39 is 0 Å². The van der Waals surface area contributed by atoms with Gasteiger partial charge in [0, 0.05) is 24.9 Å². The van der Waals surface area contributed by atoms with Crippen molar-refractivity contribution in [2.24, 2.45) is 5.92 Å². The van der Waals surface area contributed by atoms with Crippen molar-refractivity contribution in [1.82, 2.24) is 14.8 Å². The van der Waals surface area contributed by atoms with E-state index in [0.29, 0.717) is 35.3 Å². The molecule has 1 unspecified atom stereocenters. The Kier molecular flexibility index (Phi) is 6.91. The minimum absolute atomic E-state index is 0.0915. The molecule has 200 valence electrons. The lowest BCUT2D eigenvalue weighted by atomic mass is 9.87. The lowest BCUT2D eigenvalue weighted by molar-refractivity contribution is -0.134. The average molecular weight is 546 g/mol. The van der Waals surface area contributed by atoms with Gasteiger partial charge in [0.2, 0.25) is 5.91 Å². The summed E-state index contributed by atoms with van der Waals surface area (Å²) in [6.07, 6.45) is 4.20. The van der Waals surface area contributed by atoms with Crippen molar-refractivity contribution < 1.29 is 23.1 Å². The molecule has 1 saturated carbocycles. The van der Waals surface area contributed by atoms with Crippen LogP contribution in [0, 0.1) is 11.7 Å². The minimum atomic E-state index is -0.305. The van der Waals surface area contributed by atoms with Crippen LogP contribution in [-0.2, 0) is 24.4 Å². The van der Waals surface area contributed by atoms with Crippen LogP contribution in [0.4, 0.5) is 4.39 Å². The Morgan fingerprint density at radius 2 is 2.00 bits per heavy atom. The number of hydrogen-bond donors (Lipinski definition) is 0. The summed E-state index contributed by atoms with van der Waals surface area (Å²) >= 11 is 1.37. The molecule has 7 nitrogen and oxygen atoms in total. The Balaban J connectivity index is 1.19. The lowest BCUT2D eigenvalue weighted by Gasteiger charge is -2.38. The number of rotatable bonds is 8. The van der Waals surface area contributed by atoms with Crippen molar-refractivity contribution >= 4 is 23.2 Å². The summed E-state index contributed by atoms with van der Waals surface area (Å²) in [5, 5.41) is 2.42. The molecule has 9 heteroatoms. The second-order valence-electron chi connectivity index (χ2n) is 10.0. The highest BCUT2D eigenvalue weighted by Crippen LogP contribution is 2.41. The van der Waals surface area contributed by atoms with Gasteiger partial charge in [0.1, 0.15) is 34.6 Å². The Labute approximate surface area is 229 Å². The van der Waals surface area contributed by atoms with E-state index in [1.165, 1.54) is 23.5 Å². The largest absolute Gasteiger partial charge is 0.486 e. The van der Waals surface area contributed by atoms with Gasteiger partial charge in [0.05, 0.1) is 18.8 Å². The molecule has 2 aromatic heterocycles. The van der Waals surface area contributed by atoms with Crippen LogP contribution >= 0.6 is 11.3 Å². The molecule has 0 bridgehead atoms. The quantitative estimate of drug-likeness (QED) is 0.288. The number of carbonyl (C=O) groups is 2. The van der Waals surface area contributed by atoms with E-state index in [-0.39, 0.29) is 36.2 Å². The SMILES string of the molecule is CN(Cc1ccco1)C(=O)c1csc(COc2ccc3c(c2)C(c2ccc(F)cc2)N(C(=O)C2CC2)CC3)n1. The van der Waals surface area contributed by atoms with Crippen molar-refractivity contribution in [1.29, 1.82) is 0 Å². The minimum Gasteiger partial charge on any atom is -0.486 e. The third kappa shape index (κ3) is 5.45. The average Bonchev–Trinajstić information content (AvgIpc) is 3.47. The van der Waals surface area contributed by atoms with Gasteiger partial charge in [-0.25, -0.2) is 9.37 Å². The predicted octanol–water partition coefficient (Wildman–Crippen LogP) is 5.61. The van der Waals surface area contributed by atoms with E-state index in [1.54, 1.807) is 41.8 Å². The van der Waals surface area contributed by atoms with Crippen molar-refractivity contribution in [3.63, 3.8) is 0 Å². The molecule has 1 aliphatic carbocycles. The number of nitrogens with zero attached hydrogens (tertiary/aromatic N) is 3. The molecule has 0 radical (unpaired) electrons. The van der Waals surface area contributed by atoms with Crippen LogP contribution < -0.4 is 4.74 Å². The van der Waals surface area contributed by atoms with Gasteiger partial charge >= 0.3 is 0 Å². The smallest absolute Gasteiger partial charge is 0.273 e. The van der Waals surface area contributed by atoms with E-state index >= 15 is 0 Å². The third-order valence-corrected chi connectivity index (χ3v) is 8.02. The second kappa shape index (κ2) is 10.6. The van der Waals surface area contributed by atoms with Gasteiger partial charge in [-0.1, -0.05) is 18.2 Å². The van der Waals surface area contributed by atoms with Gasteiger partial charge in [-0.2, -0.15) is 0 Å². The van der Waals surface area contributed by atoms with Gasteiger partial charge in [0.25, 0.3) is 5.91 Å². The fraction of sp³-hybridized carbons (Fsp3) is 0.300. The predicted molar refractivity (Wildman–Crippen MR) is 144 cm³/mol. The third-order valence-electron chi connectivity index (χ3n) is 7.19. The Hall–Kier alpha value is -3.98. The standard InChI is InChI=1S/C30H28FN3O4S/c1-33(16-24-3-2-14-37-24)30(36)26-18-39-27(32-26)17-38-23-11-8-19-12-13-34(29(35)21-4-5-21)28(25(19)15-23)20-6-9-22(31)10-7-20/h2-3,6-11,14-15,18,21,28H,4-5,12-13,16-17H2,1H3. The maximum atomic E-state index is 13.7. The van der Waals surface area contributed by atoms with Crippen molar-refractivity contribution in [3.8, 4) is 5.75 Å². The number of ether oxygens (including phenoxy) is 1. The molecular weight excluding hydrogens is 517 g/mol. The summed E-state index contributed by atoms with van der Waals surface area (Å²) in [5.41, 5.74) is 3.39. The lowest BCUT2D eigenvalue weighted by Crippen LogP contribution is -2.41. The summed E-state index contributed by atoms with van der Waals surface area (Å²) in [4.78, 5) is 33.9. The molecule has 3 heterocycles. The summed E-state index contributed by atoms with van der Waals surface area (Å²) < 4.78 is 25.1. The number of amides is 2. The maximum Gasteiger partial charge on any atom is 0.273 e. The molecule has 1 atom stereocenters. The highest BCUT2D eigenvalue weighted by Gasteiger charge is 2.39. The van der Waals surface area contributed by atoms with Crippen LogP contribution in [0.2, 0.25) is 0 Å². The van der Waals surface area contributed by atoms with E-state index in [0.717, 1.165) is 36.0 Å². The second-order valence-corrected chi connectivity index (χ2v) is 11.0. The first-order valence-electron chi connectivity index (χ1n) is 13.0. The normalized spacial score (nSPS) is 16.6. The molecule has 1 aliphatic heterocycles. The Morgan fingerprint density at radius 1 is 1.18 bits per heavy atom. The first-order chi connectivity index (χ1) is 19.0. The fourth-order valence-electron chi connectivity index (χ4n) is 5.01. The van der Waals surface area contributed by atoms with Gasteiger partial charge in [0.15, 0.2) is 0 Å². The number of thiazole rings is 1. The monoisotopic (exact) mass is 545 g/mol. The highest BCUT2D eigenvalue weighted by molar-refractivity contribution is 7.09. The van der Waals surface area contributed by atoms with Gasteiger partial charge in [-0.3, -0.25) is 9.59 Å². The summed E-state index contributed by atoms with van der Waals surface area (Å²) in [7, 11) is 1.71. The van der Waals surface area contributed by atoms with E-state index in [9.17, 15) is 14.0 Å². The Bertz CT molecular complexity index is 1480. The van der Waals surface area contributed by atoms with Crippen LogP contribution in [0.25, 0.3) is 0 Å². The number of furan rings is 1. The van der Waals surface area contributed by atoms with Crippen molar-refractivity contribution in [2.75, 3.05) is 13.6 Å². The zero-order valence-corrected chi connectivity index (χ0v) is 22.3. The van der Waals surface area contributed by atoms with Gasteiger partial charge < -0.3 is 19.0 Å². The molecule has 0 spiro atoms. The van der Waals surface area contributed by atoms with Crippen molar-refractivity contribution in [3.05, 3.63) is 105 Å². The van der Waals surface area contributed by atoms with Crippen LogP contribution in [0.3, 0.4) is 0 Å². The molecule has 2 aromatic carbocycles. The molecular formula is C30H28FN3O4S. The molecule has 2 aliphatic rings. The van der Waals surface area contributed by atoms with E-state index in [4.69, 9.17) is 9.15 Å². The zero-order valence-electron chi connectivity index (χ0n) is 21.5. The molecule has 6 rings (SSSR count). The first kappa shape index (κ1) is 25.3. The Morgan fingerprint density at radius 3 is 2.74 bits per heavy atom. The number of benzene rings is 2. The van der Waals surface area contributed by atoms with Crippen LogP contribution in [-0.4, -0.2) is 40.2 Å². The molecule has 39 heavy (non-hydrogen) atoms. The van der Waals surface area contributed by atoms with Gasteiger partial charge in [-0.05, 0) is 72.4 Å². The molecule has 1 fully saturated rings. The highest BCUT2D eigenvalue weighted by atomic mass is 32.1. The molecule has 0 N–H and O–H groups in total. The van der Waals surface area contributed by atoms with E-state index in [1.807, 2.05) is 29.2 Å². The number of halogens is 1. The zero-order chi connectivity index (χ0) is 26.9. The topological polar surface area (TPSA) is 75.9 Å². The number of aromatic nitrogens is 1. The van der Waals surface area contributed by atoms with Crippen LogP contribution in [0.5, 0.6) is 5.75 Å². The number of carbonyl (C=O) groups excluding carboxylic acids is 2. The summed E-state index contributed by atoms with van der Waals surface area (Å²) in [5.74, 6) is 1.12.